The van der Waals surface area contributed by atoms with Gasteiger partial charge < -0.3 is 14.7 Å². The summed E-state index contributed by atoms with van der Waals surface area (Å²) in [5.74, 6) is -0.205. The van der Waals surface area contributed by atoms with Gasteiger partial charge in [-0.25, -0.2) is 4.79 Å². The zero-order valence-electron chi connectivity index (χ0n) is 24.1. The molecule has 0 saturated carbocycles. The van der Waals surface area contributed by atoms with E-state index in [-0.39, 0.29) is 11.9 Å². The number of rotatable bonds is 4. The summed E-state index contributed by atoms with van der Waals surface area (Å²) < 4.78 is 5.71. The van der Waals surface area contributed by atoms with Crippen molar-refractivity contribution in [2.45, 2.75) is 83.9 Å². The molecule has 2 aromatic heterocycles. The van der Waals surface area contributed by atoms with Crippen molar-refractivity contribution in [1.29, 1.82) is 0 Å². The van der Waals surface area contributed by atoms with Crippen molar-refractivity contribution in [1.82, 2.24) is 14.8 Å². The monoisotopic (exact) mass is 568 g/mol. The standard InChI is InChI=1S/C30H40N4O5S/c1-28(2,3)34(27(37)38)25-22(17-23(40-25)20-7-12-31-13-8-20)24(35)32-15-9-21(10-16-32)33-14-6-11-30(19-33)18-29(4,5)39-26(30)36/h7-8,12-13,17,21H,6,9-11,14-16,18-19H2,1-5H3,(H,37,38). The number of amides is 2. The van der Waals surface area contributed by atoms with Gasteiger partial charge in [0.25, 0.3) is 5.91 Å². The lowest BCUT2D eigenvalue weighted by molar-refractivity contribution is -0.154. The summed E-state index contributed by atoms with van der Waals surface area (Å²) in [7, 11) is 0. The number of hydrogen-bond donors (Lipinski definition) is 1. The highest BCUT2D eigenvalue weighted by atomic mass is 32.1. The van der Waals surface area contributed by atoms with Gasteiger partial charge in [0, 0.05) is 54.9 Å². The van der Waals surface area contributed by atoms with Crippen LogP contribution in [0.1, 0.15) is 77.1 Å². The number of thiophene rings is 1. The Morgan fingerprint density at radius 3 is 2.40 bits per heavy atom. The quantitative estimate of drug-likeness (QED) is 0.486. The number of likely N-dealkylation sites (tertiary alicyclic amines) is 2. The molecule has 1 spiro atoms. The molecule has 1 unspecified atom stereocenters. The van der Waals surface area contributed by atoms with Gasteiger partial charge in [0.05, 0.1) is 11.0 Å². The number of aromatic nitrogens is 1. The van der Waals surface area contributed by atoms with E-state index in [0.717, 1.165) is 55.6 Å². The van der Waals surface area contributed by atoms with Crippen LogP contribution in [0.25, 0.3) is 10.4 Å². The first-order valence-corrected chi connectivity index (χ1v) is 15.0. The van der Waals surface area contributed by atoms with Crippen LogP contribution in [0.3, 0.4) is 0 Å². The Morgan fingerprint density at radius 2 is 1.82 bits per heavy atom. The average molecular weight is 569 g/mol. The summed E-state index contributed by atoms with van der Waals surface area (Å²) in [6, 6.07) is 5.86. The summed E-state index contributed by atoms with van der Waals surface area (Å²) in [5, 5.41) is 10.6. The Hall–Kier alpha value is -2.98. The molecule has 2 amide bonds. The highest BCUT2D eigenvalue weighted by Gasteiger charge is 2.54. The summed E-state index contributed by atoms with van der Waals surface area (Å²) in [6.45, 7) is 12.3. The highest BCUT2D eigenvalue weighted by molar-refractivity contribution is 7.20. The molecular formula is C30H40N4O5S. The van der Waals surface area contributed by atoms with Crippen molar-refractivity contribution in [2.24, 2.45) is 5.41 Å². The van der Waals surface area contributed by atoms with Gasteiger partial charge in [-0.05, 0) is 90.6 Å². The van der Waals surface area contributed by atoms with Crippen LogP contribution in [0.2, 0.25) is 0 Å². The van der Waals surface area contributed by atoms with Gasteiger partial charge in [-0.3, -0.25) is 24.4 Å². The summed E-state index contributed by atoms with van der Waals surface area (Å²) in [5.41, 5.74) is -0.253. The molecule has 40 heavy (non-hydrogen) atoms. The number of cyclic esters (lactones) is 1. The zero-order valence-corrected chi connectivity index (χ0v) is 24.9. The maximum absolute atomic E-state index is 13.9. The smallest absolute Gasteiger partial charge is 0.412 e. The lowest BCUT2D eigenvalue weighted by Crippen LogP contribution is -2.53. The van der Waals surface area contributed by atoms with Gasteiger partial charge in [0.2, 0.25) is 0 Å². The Labute approximate surface area is 240 Å². The van der Waals surface area contributed by atoms with Crippen LogP contribution in [0, 0.1) is 5.41 Å². The van der Waals surface area contributed by atoms with Gasteiger partial charge >= 0.3 is 12.1 Å². The number of hydrogen-bond acceptors (Lipinski definition) is 7. The lowest BCUT2D eigenvalue weighted by atomic mass is 9.74. The average Bonchev–Trinajstić information content (AvgIpc) is 3.40. The number of ether oxygens (including phenoxy) is 1. The van der Waals surface area contributed by atoms with Crippen LogP contribution >= 0.6 is 11.3 Å². The fourth-order valence-corrected chi connectivity index (χ4v) is 8.05. The van der Waals surface area contributed by atoms with Crippen molar-refractivity contribution < 1.29 is 24.2 Å². The fraction of sp³-hybridized carbons (Fsp3) is 0.600. The minimum atomic E-state index is -1.09. The third-order valence-electron chi connectivity index (χ3n) is 8.41. The van der Waals surface area contributed by atoms with E-state index >= 15 is 0 Å². The van der Waals surface area contributed by atoms with Crippen LogP contribution < -0.4 is 4.90 Å². The number of carboxylic acid groups (broad SMARTS) is 1. The second kappa shape index (κ2) is 10.4. The fourth-order valence-electron chi connectivity index (χ4n) is 6.71. The highest BCUT2D eigenvalue weighted by Crippen LogP contribution is 2.47. The SMILES string of the molecule is CC1(C)CC2(CCCN(C3CCN(C(=O)c4cc(-c5ccncc5)sc4N(C(=O)O)C(C)(C)C)CC3)C2)C(=O)O1. The van der Waals surface area contributed by atoms with Gasteiger partial charge in [-0.2, -0.15) is 0 Å². The number of carbonyl (C=O) groups is 3. The number of carbonyl (C=O) groups excluding carboxylic acids is 2. The van der Waals surface area contributed by atoms with E-state index in [1.54, 1.807) is 12.4 Å². The first-order valence-electron chi connectivity index (χ1n) is 14.1. The molecule has 1 N–H and O–H groups in total. The Kier molecular flexibility index (Phi) is 7.46. The lowest BCUT2D eigenvalue weighted by Gasteiger charge is -2.45. The van der Waals surface area contributed by atoms with Crippen LogP contribution in [-0.4, -0.2) is 81.2 Å². The van der Waals surface area contributed by atoms with E-state index in [0.29, 0.717) is 29.7 Å². The summed E-state index contributed by atoms with van der Waals surface area (Å²) in [4.78, 5) is 49.7. The molecular weight excluding hydrogens is 528 g/mol. The molecule has 3 saturated heterocycles. The van der Waals surface area contributed by atoms with Crippen molar-refractivity contribution in [3.05, 3.63) is 36.2 Å². The molecule has 10 heteroatoms. The molecule has 5 rings (SSSR count). The van der Waals surface area contributed by atoms with Gasteiger partial charge in [-0.1, -0.05) is 0 Å². The Balaban J connectivity index is 1.34. The van der Waals surface area contributed by atoms with Crippen LogP contribution in [0.15, 0.2) is 30.6 Å². The molecule has 9 nitrogen and oxygen atoms in total. The molecule has 3 aliphatic rings. The predicted octanol–water partition coefficient (Wildman–Crippen LogP) is 5.51. The summed E-state index contributed by atoms with van der Waals surface area (Å²) >= 11 is 1.32. The van der Waals surface area contributed by atoms with E-state index in [1.807, 2.05) is 57.7 Å². The first kappa shape index (κ1) is 28.5. The van der Waals surface area contributed by atoms with E-state index in [9.17, 15) is 19.5 Å². The van der Waals surface area contributed by atoms with E-state index in [1.165, 1.54) is 16.2 Å². The maximum Gasteiger partial charge on any atom is 0.412 e. The summed E-state index contributed by atoms with van der Waals surface area (Å²) in [6.07, 6.45) is 6.53. The normalized spacial score (nSPS) is 23.8. The molecule has 0 aromatic carbocycles. The number of pyridine rings is 1. The largest absolute Gasteiger partial charge is 0.465 e. The molecule has 5 heterocycles. The van der Waals surface area contributed by atoms with Crippen LogP contribution in [0.4, 0.5) is 9.80 Å². The molecule has 2 aromatic rings. The van der Waals surface area contributed by atoms with Gasteiger partial charge in [0.1, 0.15) is 10.6 Å². The second-order valence-corrected chi connectivity index (χ2v) is 14.1. The number of esters is 1. The molecule has 0 aliphatic carbocycles. The number of anilines is 1. The van der Waals surface area contributed by atoms with E-state index in [4.69, 9.17) is 4.74 Å². The van der Waals surface area contributed by atoms with Gasteiger partial charge in [-0.15, -0.1) is 11.3 Å². The van der Waals surface area contributed by atoms with Crippen LogP contribution in [0.5, 0.6) is 0 Å². The third-order valence-corrected chi connectivity index (χ3v) is 9.58. The second-order valence-electron chi connectivity index (χ2n) is 13.1. The molecule has 0 bridgehead atoms. The third kappa shape index (κ3) is 5.48. The molecule has 1 atom stereocenters. The van der Waals surface area contributed by atoms with Crippen molar-refractivity contribution in [3.8, 4) is 10.4 Å². The molecule has 3 aliphatic heterocycles. The van der Waals surface area contributed by atoms with Crippen molar-refractivity contribution in [3.63, 3.8) is 0 Å². The number of nitrogens with zero attached hydrogens (tertiary/aromatic N) is 4. The Morgan fingerprint density at radius 1 is 1.15 bits per heavy atom. The topological polar surface area (TPSA) is 103 Å². The van der Waals surface area contributed by atoms with Crippen LogP contribution in [-0.2, 0) is 9.53 Å². The minimum absolute atomic E-state index is 0.0633. The van der Waals surface area contributed by atoms with Gasteiger partial charge in [0.15, 0.2) is 0 Å². The predicted molar refractivity (Wildman–Crippen MR) is 155 cm³/mol. The molecule has 3 fully saturated rings. The minimum Gasteiger partial charge on any atom is -0.465 e. The van der Waals surface area contributed by atoms with Crippen molar-refractivity contribution >= 4 is 34.3 Å². The maximum atomic E-state index is 13.9. The number of piperidine rings is 2. The zero-order chi connectivity index (χ0) is 28.9. The first-order chi connectivity index (χ1) is 18.8. The molecule has 216 valence electrons. The van der Waals surface area contributed by atoms with Crippen molar-refractivity contribution in [2.75, 3.05) is 31.1 Å². The van der Waals surface area contributed by atoms with E-state index in [2.05, 4.69) is 9.88 Å². The molecule has 0 radical (unpaired) electrons. The Bertz CT molecular complexity index is 1280. The van der Waals surface area contributed by atoms with E-state index < -0.39 is 22.6 Å².